The second-order valence-electron chi connectivity index (χ2n) is 4.58. The molecule has 0 bridgehead atoms. The summed E-state index contributed by atoms with van der Waals surface area (Å²) < 4.78 is 12.0. The molecule has 1 heterocycles. The summed E-state index contributed by atoms with van der Waals surface area (Å²) in [4.78, 5) is 4.89. The van der Waals surface area contributed by atoms with E-state index in [9.17, 15) is 4.39 Å². The molecule has 0 amide bonds. The molecule has 0 unspecified atom stereocenters. The van der Waals surface area contributed by atoms with Crippen molar-refractivity contribution >= 4 is 0 Å². The molecule has 1 saturated heterocycles. The maximum Gasteiger partial charge on any atom is 0.0906 e. The molecule has 16 heavy (non-hydrogen) atoms. The van der Waals surface area contributed by atoms with Crippen molar-refractivity contribution in [3.05, 3.63) is 0 Å². The van der Waals surface area contributed by atoms with Gasteiger partial charge in [0.15, 0.2) is 0 Å². The molecule has 1 rings (SSSR count). The molecule has 0 aromatic carbocycles. The Morgan fingerprint density at radius 3 is 1.88 bits per heavy atom. The summed E-state index contributed by atoms with van der Waals surface area (Å²) in [6, 6.07) is 0. The summed E-state index contributed by atoms with van der Waals surface area (Å²) >= 11 is 0. The van der Waals surface area contributed by atoms with Crippen LogP contribution in [0.15, 0.2) is 0 Å². The lowest BCUT2D eigenvalue weighted by molar-refractivity contribution is 0.127. The highest BCUT2D eigenvalue weighted by Crippen LogP contribution is 2.05. The fraction of sp³-hybridized carbons (Fsp3) is 1.00. The molecule has 96 valence electrons. The zero-order valence-corrected chi connectivity index (χ0v) is 10.3. The van der Waals surface area contributed by atoms with Gasteiger partial charge in [0.25, 0.3) is 0 Å². The highest BCUT2D eigenvalue weighted by atomic mass is 19.1. The lowest BCUT2D eigenvalue weighted by Gasteiger charge is -2.34. The van der Waals surface area contributed by atoms with Crippen LogP contribution in [0.1, 0.15) is 25.7 Å². The van der Waals surface area contributed by atoms with Crippen LogP contribution in [0.3, 0.4) is 0 Å². The number of hydrogen-bond acceptors (Lipinski definition) is 3. The Balaban J connectivity index is 1.98. The largest absolute Gasteiger partial charge is 0.330 e. The van der Waals surface area contributed by atoms with E-state index in [1.54, 1.807) is 0 Å². The molecule has 4 heteroatoms. The Morgan fingerprint density at radius 2 is 1.38 bits per heavy atom. The first-order chi connectivity index (χ1) is 7.86. The van der Waals surface area contributed by atoms with Crippen molar-refractivity contribution in [1.29, 1.82) is 0 Å². The summed E-state index contributed by atoms with van der Waals surface area (Å²) in [5.74, 6) is 0. The smallest absolute Gasteiger partial charge is 0.0906 e. The minimum absolute atomic E-state index is 0.181. The van der Waals surface area contributed by atoms with Gasteiger partial charge in [-0.1, -0.05) is 6.42 Å². The maximum absolute atomic E-state index is 12.0. The minimum atomic E-state index is -0.181. The molecule has 0 saturated carbocycles. The number of alkyl halides is 1. The van der Waals surface area contributed by atoms with E-state index in [2.05, 4.69) is 9.80 Å². The number of nitrogens with zero attached hydrogens (tertiary/aromatic N) is 2. The number of hydrogen-bond donors (Lipinski definition) is 1. The summed E-state index contributed by atoms with van der Waals surface area (Å²) in [5, 5.41) is 0. The Bertz CT molecular complexity index is 158. The van der Waals surface area contributed by atoms with Crippen molar-refractivity contribution in [3.63, 3.8) is 0 Å². The van der Waals surface area contributed by atoms with Crippen molar-refractivity contribution in [3.8, 4) is 0 Å². The highest BCUT2D eigenvalue weighted by molar-refractivity contribution is 4.71. The van der Waals surface area contributed by atoms with Crippen LogP contribution < -0.4 is 5.73 Å². The van der Waals surface area contributed by atoms with Crippen LogP contribution in [-0.4, -0.2) is 62.3 Å². The van der Waals surface area contributed by atoms with Crippen LogP contribution in [0.2, 0.25) is 0 Å². The fourth-order valence-electron chi connectivity index (χ4n) is 2.18. The highest BCUT2D eigenvalue weighted by Gasteiger charge is 2.15. The molecule has 0 atom stereocenters. The Labute approximate surface area is 98.8 Å². The van der Waals surface area contributed by atoms with Crippen LogP contribution in [0.4, 0.5) is 4.39 Å². The first-order valence-corrected chi connectivity index (χ1v) is 6.57. The van der Waals surface area contributed by atoms with Crippen molar-refractivity contribution in [1.82, 2.24) is 9.80 Å². The van der Waals surface area contributed by atoms with Crippen molar-refractivity contribution in [2.75, 3.05) is 52.5 Å². The molecule has 1 fully saturated rings. The maximum atomic E-state index is 12.0. The number of piperazine rings is 1. The number of rotatable bonds is 8. The Kier molecular flexibility index (Phi) is 7.72. The van der Waals surface area contributed by atoms with Gasteiger partial charge in [-0.05, 0) is 32.4 Å². The van der Waals surface area contributed by atoms with E-state index in [1.165, 1.54) is 19.4 Å². The second-order valence-corrected chi connectivity index (χ2v) is 4.58. The van der Waals surface area contributed by atoms with E-state index in [-0.39, 0.29) is 6.67 Å². The quantitative estimate of drug-likeness (QED) is 0.635. The average Bonchev–Trinajstić information content (AvgIpc) is 2.33. The third-order valence-electron chi connectivity index (χ3n) is 3.25. The zero-order chi connectivity index (χ0) is 11.6. The van der Waals surface area contributed by atoms with E-state index in [1.807, 2.05) is 0 Å². The predicted octanol–water partition coefficient (Wildman–Crippen LogP) is 1.09. The van der Waals surface area contributed by atoms with Crippen LogP contribution in [0.25, 0.3) is 0 Å². The molecule has 3 nitrogen and oxygen atoms in total. The summed E-state index contributed by atoms with van der Waals surface area (Å²) in [6.07, 6.45) is 4.35. The molecular weight excluding hydrogens is 205 g/mol. The molecule has 0 spiro atoms. The van der Waals surface area contributed by atoms with Gasteiger partial charge in [-0.15, -0.1) is 0 Å². The molecule has 1 aliphatic rings. The van der Waals surface area contributed by atoms with Crippen molar-refractivity contribution < 1.29 is 4.39 Å². The molecule has 0 aromatic heterocycles. The minimum Gasteiger partial charge on any atom is -0.330 e. The van der Waals surface area contributed by atoms with Gasteiger partial charge < -0.3 is 15.5 Å². The molecule has 0 aliphatic carbocycles. The Hall–Kier alpha value is -0.190. The van der Waals surface area contributed by atoms with Gasteiger partial charge in [-0.3, -0.25) is 4.39 Å². The predicted molar refractivity (Wildman–Crippen MR) is 66.4 cm³/mol. The van der Waals surface area contributed by atoms with Gasteiger partial charge in [-0.2, -0.15) is 0 Å². The van der Waals surface area contributed by atoms with E-state index < -0.39 is 0 Å². The van der Waals surface area contributed by atoms with Gasteiger partial charge in [-0.25, -0.2) is 0 Å². The van der Waals surface area contributed by atoms with Crippen LogP contribution in [0.5, 0.6) is 0 Å². The second kappa shape index (κ2) is 8.90. The number of unbranched alkanes of at least 4 members (excludes halogenated alkanes) is 2. The molecule has 2 N–H and O–H groups in total. The third kappa shape index (κ3) is 5.77. The Morgan fingerprint density at radius 1 is 0.812 bits per heavy atom. The van der Waals surface area contributed by atoms with E-state index >= 15 is 0 Å². The van der Waals surface area contributed by atoms with Gasteiger partial charge in [0.1, 0.15) is 0 Å². The summed E-state index contributed by atoms with van der Waals surface area (Å²) in [5.41, 5.74) is 5.46. The normalized spacial score (nSPS) is 19.1. The lowest BCUT2D eigenvalue weighted by Crippen LogP contribution is -2.46. The SMILES string of the molecule is NCCCCCN1CCN(CCCF)CC1. The first kappa shape index (κ1) is 13.9. The van der Waals surface area contributed by atoms with Gasteiger partial charge in [0, 0.05) is 32.7 Å². The van der Waals surface area contributed by atoms with Gasteiger partial charge in [0.05, 0.1) is 6.67 Å². The monoisotopic (exact) mass is 231 g/mol. The fourth-order valence-corrected chi connectivity index (χ4v) is 2.18. The average molecular weight is 231 g/mol. The third-order valence-corrected chi connectivity index (χ3v) is 3.25. The number of halogens is 1. The van der Waals surface area contributed by atoms with Crippen molar-refractivity contribution in [2.24, 2.45) is 5.73 Å². The van der Waals surface area contributed by atoms with E-state index in [0.717, 1.165) is 45.7 Å². The molecule has 0 radical (unpaired) electrons. The lowest BCUT2D eigenvalue weighted by atomic mass is 10.2. The summed E-state index contributed by atoms with van der Waals surface area (Å²) in [7, 11) is 0. The van der Waals surface area contributed by atoms with Crippen LogP contribution in [-0.2, 0) is 0 Å². The van der Waals surface area contributed by atoms with Crippen LogP contribution >= 0.6 is 0 Å². The number of nitrogens with two attached hydrogens (primary N) is 1. The van der Waals surface area contributed by atoms with E-state index in [0.29, 0.717) is 6.42 Å². The van der Waals surface area contributed by atoms with Crippen molar-refractivity contribution in [2.45, 2.75) is 25.7 Å². The van der Waals surface area contributed by atoms with E-state index in [4.69, 9.17) is 5.73 Å². The zero-order valence-electron chi connectivity index (χ0n) is 10.3. The topological polar surface area (TPSA) is 32.5 Å². The summed E-state index contributed by atoms with van der Waals surface area (Å²) in [6.45, 7) is 7.28. The molecule has 0 aromatic rings. The molecule has 1 aliphatic heterocycles. The standard InChI is InChI=1S/C12H26FN3/c13-5-4-8-16-11-9-15(10-12-16)7-3-1-2-6-14/h1-12,14H2. The molecular formula is C12H26FN3. The van der Waals surface area contributed by atoms with Crippen LogP contribution in [0, 0.1) is 0 Å². The van der Waals surface area contributed by atoms with Gasteiger partial charge in [0.2, 0.25) is 0 Å². The first-order valence-electron chi connectivity index (χ1n) is 6.57. The van der Waals surface area contributed by atoms with Gasteiger partial charge >= 0.3 is 0 Å².